The predicted octanol–water partition coefficient (Wildman–Crippen LogP) is 3.30. The van der Waals surface area contributed by atoms with Crippen LogP contribution in [-0.2, 0) is 6.54 Å². The van der Waals surface area contributed by atoms with Crippen LogP contribution >= 0.6 is 0 Å². The predicted molar refractivity (Wildman–Crippen MR) is 88.8 cm³/mol. The lowest BCUT2D eigenvalue weighted by Gasteiger charge is -2.30. The van der Waals surface area contributed by atoms with Crippen molar-refractivity contribution in [3.63, 3.8) is 0 Å². The van der Waals surface area contributed by atoms with Gasteiger partial charge in [0.05, 0.1) is 0 Å². The van der Waals surface area contributed by atoms with Crippen LogP contribution in [0.4, 0.5) is 0 Å². The van der Waals surface area contributed by atoms with E-state index >= 15 is 0 Å². The summed E-state index contributed by atoms with van der Waals surface area (Å²) in [4.78, 5) is 2.53. The number of rotatable bonds is 8. The van der Waals surface area contributed by atoms with Gasteiger partial charge in [0.2, 0.25) is 0 Å². The Morgan fingerprint density at radius 2 is 2.00 bits per heavy atom. The first kappa shape index (κ1) is 16.3. The minimum atomic E-state index is 0.791. The maximum Gasteiger partial charge on any atom is 0.123 e. The number of benzene rings is 1. The first-order valence-corrected chi connectivity index (χ1v) is 8.43. The molecule has 21 heavy (non-hydrogen) atoms. The van der Waals surface area contributed by atoms with Gasteiger partial charge in [-0.05, 0) is 50.9 Å². The Morgan fingerprint density at radius 3 is 2.76 bits per heavy atom. The van der Waals surface area contributed by atoms with Crippen molar-refractivity contribution < 1.29 is 4.74 Å². The molecule has 0 unspecified atom stereocenters. The second-order valence-corrected chi connectivity index (χ2v) is 6.16. The zero-order valence-corrected chi connectivity index (χ0v) is 13.6. The van der Waals surface area contributed by atoms with Gasteiger partial charge >= 0.3 is 0 Å². The number of para-hydroxylation sites is 1. The zero-order chi connectivity index (χ0) is 14.9. The summed E-state index contributed by atoms with van der Waals surface area (Å²) in [5.41, 5.74) is 1.26. The molecule has 0 aliphatic carbocycles. The molecule has 1 fully saturated rings. The number of hydrogen-bond acceptors (Lipinski definition) is 3. The first-order chi connectivity index (χ1) is 10.3. The minimum absolute atomic E-state index is 0.791. The van der Waals surface area contributed by atoms with Crippen molar-refractivity contribution in [3.8, 4) is 5.75 Å². The van der Waals surface area contributed by atoms with E-state index in [1.165, 1.54) is 31.5 Å². The highest BCUT2D eigenvalue weighted by molar-refractivity contribution is 5.33. The molecule has 0 radical (unpaired) electrons. The van der Waals surface area contributed by atoms with E-state index in [0.717, 1.165) is 44.3 Å². The van der Waals surface area contributed by atoms with Crippen LogP contribution in [0, 0.1) is 5.92 Å². The molecular weight excluding hydrogens is 260 g/mol. The van der Waals surface area contributed by atoms with Gasteiger partial charge in [-0.15, -0.1) is 0 Å². The van der Waals surface area contributed by atoms with Crippen LogP contribution in [0.2, 0.25) is 0 Å². The average Bonchev–Trinajstić information content (AvgIpc) is 2.51. The van der Waals surface area contributed by atoms with Gasteiger partial charge < -0.3 is 10.1 Å². The van der Waals surface area contributed by atoms with Gasteiger partial charge in [-0.1, -0.05) is 32.0 Å². The normalized spacial score (nSPS) is 17.0. The standard InChI is InChI=1S/C18H30N2O/c1-3-10-19-15-17-6-4-5-7-18(17)21-14-13-20-11-8-16(2)9-12-20/h4-7,16,19H,3,8-15H2,1-2H3. The Hall–Kier alpha value is -1.06. The lowest BCUT2D eigenvalue weighted by molar-refractivity contribution is 0.160. The number of hydrogen-bond donors (Lipinski definition) is 1. The molecule has 1 aliphatic heterocycles. The molecule has 1 saturated heterocycles. The van der Waals surface area contributed by atoms with Gasteiger partial charge in [-0.2, -0.15) is 0 Å². The SMILES string of the molecule is CCCNCc1ccccc1OCCN1CCC(C)CC1. The first-order valence-electron chi connectivity index (χ1n) is 8.43. The van der Waals surface area contributed by atoms with Crippen molar-refractivity contribution in [1.82, 2.24) is 10.2 Å². The Kier molecular flexibility index (Phi) is 7.04. The van der Waals surface area contributed by atoms with Crippen LogP contribution in [-0.4, -0.2) is 37.7 Å². The summed E-state index contributed by atoms with van der Waals surface area (Å²) in [5, 5.41) is 3.45. The van der Waals surface area contributed by atoms with Crippen molar-refractivity contribution in [1.29, 1.82) is 0 Å². The van der Waals surface area contributed by atoms with Crippen molar-refractivity contribution >= 4 is 0 Å². The summed E-state index contributed by atoms with van der Waals surface area (Å²) >= 11 is 0. The Morgan fingerprint density at radius 1 is 1.24 bits per heavy atom. The van der Waals surface area contributed by atoms with Crippen molar-refractivity contribution in [2.45, 2.75) is 39.7 Å². The largest absolute Gasteiger partial charge is 0.492 e. The molecule has 3 heteroatoms. The van der Waals surface area contributed by atoms with E-state index in [0.29, 0.717) is 0 Å². The van der Waals surface area contributed by atoms with Crippen molar-refractivity contribution in [2.75, 3.05) is 32.8 Å². The van der Waals surface area contributed by atoms with Crippen LogP contribution in [0.3, 0.4) is 0 Å². The molecule has 0 atom stereocenters. The molecule has 0 aromatic heterocycles. The van der Waals surface area contributed by atoms with E-state index < -0.39 is 0 Å². The molecule has 0 saturated carbocycles. The van der Waals surface area contributed by atoms with E-state index in [4.69, 9.17) is 4.74 Å². The van der Waals surface area contributed by atoms with Crippen LogP contribution in [0.25, 0.3) is 0 Å². The van der Waals surface area contributed by atoms with Gasteiger partial charge in [-0.3, -0.25) is 4.90 Å². The Labute approximate surface area is 129 Å². The van der Waals surface area contributed by atoms with Crippen LogP contribution in [0.15, 0.2) is 24.3 Å². The van der Waals surface area contributed by atoms with Gasteiger partial charge in [-0.25, -0.2) is 0 Å². The van der Waals surface area contributed by atoms with Crippen LogP contribution in [0.1, 0.15) is 38.7 Å². The van der Waals surface area contributed by atoms with Gasteiger partial charge in [0.25, 0.3) is 0 Å². The second-order valence-electron chi connectivity index (χ2n) is 6.16. The third-order valence-corrected chi connectivity index (χ3v) is 4.26. The molecule has 1 aromatic rings. The summed E-state index contributed by atoms with van der Waals surface area (Å²) in [7, 11) is 0. The molecule has 0 bridgehead atoms. The third kappa shape index (κ3) is 5.68. The fourth-order valence-electron chi connectivity index (χ4n) is 2.76. The van der Waals surface area contributed by atoms with Crippen LogP contribution in [0.5, 0.6) is 5.75 Å². The quantitative estimate of drug-likeness (QED) is 0.744. The third-order valence-electron chi connectivity index (χ3n) is 4.26. The highest BCUT2D eigenvalue weighted by atomic mass is 16.5. The molecule has 1 aliphatic rings. The smallest absolute Gasteiger partial charge is 0.123 e. The van der Waals surface area contributed by atoms with E-state index in [2.05, 4.69) is 48.3 Å². The van der Waals surface area contributed by atoms with Gasteiger partial charge in [0, 0.05) is 18.7 Å². The van der Waals surface area contributed by atoms with Gasteiger partial charge in [0.15, 0.2) is 0 Å². The fraction of sp³-hybridized carbons (Fsp3) is 0.667. The Bertz CT molecular complexity index is 400. The molecular formula is C18H30N2O. The highest BCUT2D eigenvalue weighted by Gasteiger charge is 2.15. The summed E-state index contributed by atoms with van der Waals surface area (Å²) < 4.78 is 6.02. The maximum absolute atomic E-state index is 6.02. The topological polar surface area (TPSA) is 24.5 Å². The van der Waals surface area contributed by atoms with E-state index in [1.807, 2.05) is 0 Å². The molecule has 0 amide bonds. The minimum Gasteiger partial charge on any atom is -0.492 e. The second kappa shape index (κ2) is 9.06. The van der Waals surface area contributed by atoms with Gasteiger partial charge in [0.1, 0.15) is 12.4 Å². The number of nitrogens with one attached hydrogen (secondary N) is 1. The lowest BCUT2D eigenvalue weighted by Crippen LogP contribution is -2.35. The lowest BCUT2D eigenvalue weighted by atomic mass is 9.99. The Balaban J connectivity index is 1.74. The molecule has 0 spiro atoms. The van der Waals surface area contributed by atoms with E-state index in [9.17, 15) is 0 Å². The maximum atomic E-state index is 6.02. The summed E-state index contributed by atoms with van der Waals surface area (Å²) in [6.45, 7) is 10.8. The summed E-state index contributed by atoms with van der Waals surface area (Å²) in [6.07, 6.45) is 3.82. The molecule has 1 aromatic carbocycles. The monoisotopic (exact) mass is 290 g/mol. The molecule has 3 nitrogen and oxygen atoms in total. The number of likely N-dealkylation sites (tertiary alicyclic amines) is 1. The highest BCUT2D eigenvalue weighted by Crippen LogP contribution is 2.19. The van der Waals surface area contributed by atoms with Crippen molar-refractivity contribution in [3.05, 3.63) is 29.8 Å². The molecule has 2 rings (SSSR count). The number of nitrogens with zero attached hydrogens (tertiary/aromatic N) is 1. The molecule has 1 N–H and O–H groups in total. The van der Waals surface area contributed by atoms with Crippen molar-refractivity contribution in [2.24, 2.45) is 5.92 Å². The summed E-state index contributed by atoms with van der Waals surface area (Å²) in [5.74, 6) is 1.93. The van der Waals surface area contributed by atoms with E-state index in [-0.39, 0.29) is 0 Å². The molecule has 118 valence electrons. The summed E-state index contributed by atoms with van der Waals surface area (Å²) in [6, 6.07) is 8.38. The number of piperidine rings is 1. The van der Waals surface area contributed by atoms with Crippen LogP contribution < -0.4 is 10.1 Å². The zero-order valence-electron chi connectivity index (χ0n) is 13.6. The average molecular weight is 290 g/mol. The van der Waals surface area contributed by atoms with E-state index in [1.54, 1.807) is 0 Å². The number of ether oxygens (including phenoxy) is 1. The molecule has 1 heterocycles. The fourth-order valence-corrected chi connectivity index (χ4v) is 2.76.